The summed E-state index contributed by atoms with van der Waals surface area (Å²) in [4.78, 5) is 4.19. The molecule has 1 saturated carbocycles. The van der Waals surface area contributed by atoms with E-state index < -0.39 is 0 Å². The van der Waals surface area contributed by atoms with Crippen LogP contribution in [0.1, 0.15) is 37.7 Å². The Balaban J connectivity index is 1.90. The largest absolute Gasteiger partial charge is 0.481 e. The summed E-state index contributed by atoms with van der Waals surface area (Å²) < 4.78 is 5.04. The second kappa shape index (κ2) is 7.10. The molecule has 4 nitrogen and oxygen atoms in total. The van der Waals surface area contributed by atoms with Crippen LogP contribution in [0, 0.1) is 17.2 Å². The van der Waals surface area contributed by atoms with Gasteiger partial charge in [-0.2, -0.15) is 5.26 Å². The van der Waals surface area contributed by atoms with Gasteiger partial charge < -0.3 is 10.1 Å². The lowest BCUT2D eigenvalue weighted by molar-refractivity contribution is 0.390. The highest BCUT2D eigenvalue weighted by Gasteiger charge is 2.22. The van der Waals surface area contributed by atoms with E-state index in [0.717, 1.165) is 24.9 Å². The van der Waals surface area contributed by atoms with Gasteiger partial charge >= 0.3 is 0 Å². The van der Waals surface area contributed by atoms with Crippen LogP contribution in [-0.4, -0.2) is 18.1 Å². The number of nitrogens with one attached hydrogen (secondary N) is 1. The van der Waals surface area contributed by atoms with Crippen LogP contribution >= 0.6 is 0 Å². The number of nitrogens with zero attached hydrogens (tertiary/aromatic N) is 2. The third-order valence-corrected chi connectivity index (χ3v) is 3.76. The Morgan fingerprint density at radius 1 is 1.37 bits per heavy atom. The van der Waals surface area contributed by atoms with Crippen LogP contribution in [-0.2, 0) is 6.54 Å². The monoisotopic (exact) mass is 259 g/mol. The normalized spacial score (nSPS) is 23.4. The lowest BCUT2D eigenvalue weighted by Gasteiger charge is -2.20. The summed E-state index contributed by atoms with van der Waals surface area (Å²) in [5.41, 5.74) is 1.13. The number of nitriles is 1. The van der Waals surface area contributed by atoms with Gasteiger partial charge in [-0.25, -0.2) is 4.98 Å². The molecule has 1 aromatic rings. The van der Waals surface area contributed by atoms with Crippen molar-refractivity contribution in [3.05, 3.63) is 23.9 Å². The fourth-order valence-corrected chi connectivity index (χ4v) is 2.59. The summed E-state index contributed by atoms with van der Waals surface area (Å²) in [5, 5.41) is 12.7. The molecule has 0 saturated heterocycles. The summed E-state index contributed by atoms with van der Waals surface area (Å²) in [6, 6.07) is 6.64. The summed E-state index contributed by atoms with van der Waals surface area (Å²) >= 11 is 0. The van der Waals surface area contributed by atoms with E-state index in [-0.39, 0.29) is 5.92 Å². The predicted octanol–water partition coefficient (Wildman–Crippen LogP) is 2.65. The highest BCUT2D eigenvalue weighted by Crippen LogP contribution is 2.23. The van der Waals surface area contributed by atoms with E-state index in [1.165, 1.54) is 19.3 Å². The molecule has 4 heteroatoms. The molecule has 1 N–H and O–H groups in total. The predicted molar refractivity (Wildman–Crippen MR) is 73.6 cm³/mol. The summed E-state index contributed by atoms with van der Waals surface area (Å²) in [7, 11) is 1.61. The van der Waals surface area contributed by atoms with Gasteiger partial charge in [0.25, 0.3) is 0 Å². The van der Waals surface area contributed by atoms with Gasteiger partial charge in [0, 0.05) is 24.8 Å². The molecule has 102 valence electrons. The molecule has 0 bridgehead atoms. The standard InChI is InChI=1S/C15H21N3O/c1-19-15-8-7-12(11-18-15)10-17-14-6-4-2-3-5-13(14)9-16/h7-8,11,13-14,17H,2-6,10H2,1H3. The van der Waals surface area contributed by atoms with E-state index in [0.29, 0.717) is 11.9 Å². The van der Waals surface area contributed by atoms with Crippen LogP contribution in [0.2, 0.25) is 0 Å². The number of hydrogen-bond acceptors (Lipinski definition) is 4. The number of ether oxygens (including phenoxy) is 1. The molecule has 1 aromatic heterocycles. The lowest BCUT2D eigenvalue weighted by Crippen LogP contribution is -2.34. The third-order valence-electron chi connectivity index (χ3n) is 3.76. The van der Waals surface area contributed by atoms with Gasteiger partial charge in [0.05, 0.1) is 19.1 Å². The van der Waals surface area contributed by atoms with Crippen LogP contribution < -0.4 is 10.1 Å². The molecule has 1 fully saturated rings. The Hall–Kier alpha value is -1.60. The number of methoxy groups -OCH3 is 1. The average Bonchev–Trinajstić information content (AvgIpc) is 2.70. The molecule has 1 heterocycles. The Kier molecular flexibility index (Phi) is 5.17. The maximum absolute atomic E-state index is 9.23. The Morgan fingerprint density at radius 2 is 2.21 bits per heavy atom. The van der Waals surface area contributed by atoms with E-state index in [9.17, 15) is 5.26 Å². The highest BCUT2D eigenvalue weighted by molar-refractivity contribution is 5.17. The second-order valence-electron chi connectivity index (χ2n) is 5.07. The van der Waals surface area contributed by atoms with Gasteiger partial charge in [0.1, 0.15) is 0 Å². The van der Waals surface area contributed by atoms with Gasteiger partial charge in [0.2, 0.25) is 5.88 Å². The van der Waals surface area contributed by atoms with Crippen molar-refractivity contribution in [2.75, 3.05) is 7.11 Å². The van der Waals surface area contributed by atoms with Crippen LogP contribution in [0.5, 0.6) is 5.88 Å². The van der Waals surface area contributed by atoms with Gasteiger partial charge in [-0.1, -0.05) is 25.3 Å². The zero-order valence-corrected chi connectivity index (χ0v) is 11.4. The van der Waals surface area contributed by atoms with Crippen molar-refractivity contribution in [1.29, 1.82) is 5.26 Å². The SMILES string of the molecule is COc1ccc(CNC2CCCCCC2C#N)cn1. The summed E-state index contributed by atoms with van der Waals surface area (Å²) in [6.07, 6.45) is 7.60. The minimum atomic E-state index is 0.147. The minimum absolute atomic E-state index is 0.147. The number of aromatic nitrogens is 1. The van der Waals surface area contributed by atoms with Crippen LogP contribution in [0.3, 0.4) is 0 Å². The first-order chi connectivity index (χ1) is 9.33. The fraction of sp³-hybridized carbons (Fsp3) is 0.600. The maximum atomic E-state index is 9.23. The minimum Gasteiger partial charge on any atom is -0.481 e. The van der Waals surface area contributed by atoms with Crippen molar-refractivity contribution < 1.29 is 4.74 Å². The topological polar surface area (TPSA) is 57.9 Å². The van der Waals surface area contributed by atoms with Gasteiger partial charge in [-0.05, 0) is 18.4 Å². The molecule has 1 aliphatic carbocycles. The molecule has 0 radical (unpaired) electrons. The highest BCUT2D eigenvalue weighted by atomic mass is 16.5. The third kappa shape index (κ3) is 3.93. The zero-order valence-electron chi connectivity index (χ0n) is 11.4. The lowest BCUT2D eigenvalue weighted by atomic mass is 9.96. The van der Waals surface area contributed by atoms with Crippen molar-refractivity contribution in [3.63, 3.8) is 0 Å². The van der Waals surface area contributed by atoms with Crippen molar-refractivity contribution in [2.45, 2.75) is 44.7 Å². The Labute approximate surface area is 114 Å². The first-order valence-corrected chi connectivity index (χ1v) is 6.95. The van der Waals surface area contributed by atoms with E-state index in [1.807, 2.05) is 18.3 Å². The van der Waals surface area contributed by atoms with E-state index >= 15 is 0 Å². The first-order valence-electron chi connectivity index (χ1n) is 6.95. The second-order valence-corrected chi connectivity index (χ2v) is 5.07. The molecular weight excluding hydrogens is 238 g/mol. The number of rotatable bonds is 4. The smallest absolute Gasteiger partial charge is 0.212 e. The van der Waals surface area contributed by atoms with Crippen LogP contribution in [0.25, 0.3) is 0 Å². The van der Waals surface area contributed by atoms with Gasteiger partial charge in [-0.3, -0.25) is 0 Å². The van der Waals surface area contributed by atoms with Crippen molar-refractivity contribution >= 4 is 0 Å². The van der Waals surface area contributed by atoms with Crippen LogP contribution in [0.15, 0.2) is 18.3 Å². The van der Waals surface area contributed by atoms with E-state index in [4.69, 9.17) is 4.74 Å². The molecule has 1 aliphatic rings. The molecule has 19 heavy (non-hydrogen) atoms. The fourth-order valence-electron chi connectivity index (χ4n) is 2.59. The van der Waals surface area contributed by atoms with Gasteiger partial charge in [0.15, 0.2) is 0 Å². The average molecular weight is 259 g/mol. The molecule has 2 atom stereocenters. The molecule has 0 aromatic carbocycles. The van der Waals surface area contributed by atoms with Crippen molar-refractivity contribution in [2.24, 2.45) is 5.92 Å². The van der Waals surface area contributed by atoms with Crippen molar-refractivity contribution in [3.8, 4) is 11.9 Å². The van der Waals surface area contributed by atoms with Crippen molar-refractivity contribution in [1.82, 2.24) is 10.3 Å². The molecule has 2 unspecified atom stereocenters. The number of hydrogen-bond donors (Lipinski definition) is 1. The zero-order chi connectivity index (χ0) is 13.5. The first kappa shape index (κ1) is 13.8. The van der Waals surface area contributed by atoms with Gasteiger partial charge in [-0.15, -0.1) is 0 Å². The van der Waals surface area contributed by atoms with E-state index in [1.54, 1.807) is 7.11 Å². The van der Waals surface area contributed by atoms with E-state index in [2.05, 4.69) is 16.4 Å². The Morgan fingerprint density at radius 3 is 2.89 bits per heavy atom. The molecule has 0 amide bonds. The number of pyridine rings is 1. The molecule has 0 spiro atoms. The summed E-state index contributed by atoms with van der Waals surface area (Å²) in [6.45, 7) is 0.764. The molecule has 2 rings (SSSR count). The molecular formula is C15H21N3O. The Bertz CT molecular complexity index is 424. The maximum Gasteiger partial charge on any atom is 0.212 e. The van der Waals surface area contributed by atoms with Crippen LogP contribution in [0.4, 0.5) is 0 Å². The molecule has 0 aliphatic heterocycles. The quantitative estimate of drug-likeness (QED) is 0.844. The summed E-state index contributed by atoms with van der Waals surface area (Å²) in [5.74, 6) is 0.779.